The number of benzene rings is 1. The first-order chi connectivity index (χ1) is 8.15. The Morgan fingerprint density at radius 1 is 1.39 bits per heavy atom. The third-order valence-corrected chi connectivity index (χ3v) is 2.38. The number of carboxylic acid groups (broad SMARTS) is 1. The van der Waals surface area contributed by atoms with Gasteiger partial charge < -0.3 is 9.94 Å². The molecular weight excluding hydrogens is 258 g/mol. The Labute approximate surface area is 109 Å². The van der Waals surface area contributed by atoms with Crippen LogP contribution in [0.3, 0.4) is 0 Å². The van der Waals surface area contributed by atoms with Crippen LogP contribution in [-0.4, -0.2) is 22.4 Å². The second-order valence-electron chi connectivity index (χ2n) is 3.44. The normalized spacial score (nSPS) is 9.83. The van der Waals surface area contributed by atoms with Gasteiger partial charge in [0.1, 0.15) is 12.2 Å². The molecule has 6 heteroatoms. The lowest BCUT2D eigenvalue weighted by Gasteiger charge is -2.11. The van der Waals surface area contributed by atoms with E-state index < -0.39 is 11.4 Å². The topological polar surface area (TPSA) is 68.5 Å². The van der Waals surface area contributed by atoms with Gasteiger partial charge in [-0.2, -0.15) is 4.73 Å². The summed E-state index contributed by atoms with van der Waals surface area (Å²) in [6.45, 7) is 2.17. The van der Waals surface area contributed by atoms with Crippen molar-refractivity contribution in [3.8, 4) is 0 Å². The zero-order valence-electron chi connectivity index (χ0n) is 9.62. The molecular formula is C12H12ClNO4. The van der Waals surface area contributed by atoms with Crippen molar-refractivity contribution in [2.45, 2.75) is 6.92 Å². The van der Waals surface area contributed by atoms with Crippen LogP contribution in [0.2, 0.25) is 0 Å². The summed E-state index contributed by atoms with van der Waals surface area (Å²) < 4.78 is 1.32. The number of pyridine rings is 1. The fourth-order valence-corrected chi connectivity index (χ4v) is 1.65. The van der Waals surface area contributed by atoms with Crippen molar-refractivity contribution in [3.05, 3.63) is 46.2 Å². The maximum Gasteiger partial charge on any atom is 0.341 e. The van der Waals surface area contributed by atoms with E-state index in [1.165, 1.54) is 10.9 Å². The molecule has 0 amide bonds. The minimum atomic E-state index is -1.26. The number of halogens is 1. The Kier molecular flexibility index (Phi) is 4.33. The highest BCUT2D eigenvalue weighted by Crippen LogP contribution is 2.10. The minimum Gasteiger partial charge on any atom is -0.477 e. The molecule has 5 nitrogen and oxygen atoms in total. The number of carboxylic acids is 1. The van der Waals surface area contributed by atoms with Crippen LogP contribution in [0.5, 0.6) is 0 Å². The van der Waals surface area contributed by atoms with Crippen LogP contribution in [-0.2, 0) is 0 Å². The van der Waals surface area contributed by atoms with Crippen LogP contribution in [0, 0.1) is 0 Å². The number of hydrogen-bond donors (Lipinski definition) is 1. The van der Waals surface area contributed by atoms with Crippen LogP contribution in [0.25, 0.3) is 10.9 Å². The molecule has 2 aromatic rings. The monoisotopic (exact) mass is 269 g/mol. The van der Waals surface area contributed by atoms with Gasteiger partial charge in [-0.05, 0) is 19.1 Å². The first-order valence-corrected chi connectivity index (χ1v) is 5.16. The van der Waals surface area contributed by atoms with E-state index in [0.717, 1.165) is 0 Å². The Balaban J connectivity index is 0.00000162. The van der Waals surface area contributed by atoms with Gasteiger partial charge in [-0.15, -0.1) is 12.4 Å². The number of aromatic nitrogens is 1. The smallest absolute Gasteiger partial charge is 0.341 e. The lowest BCUT2D eigenvalue weighted by Crippen LogP contribution is -2.22. The number of carbonyl (C=O) groups is 1. The molecule has 0 aliphatic carbocycles. The Bertz CT molecular complexity index is 636. The fourth-order valence-electron chi connectivity index (χ4n) is 1.65. The second-order valence-corrected chi connectivity index (χ2v) is 3.44. The molecule has 1 aromatic heterocycles. The number of fused-ring (bicyclic) bond motifs is 1. The summed E-state index contributed by atoms with van der Waals surface area (Å²) in [6, 6.07) is 6.74. The van der Waals surface area contributed by atoms with Crippen LogP contribution in [0.1, 0.15) is 17.3 Å². The molecule has 0 spiro atoms. The van der Waals surface area contributed by atoms with E-state index in [1.54, 1.807) is 31.2 Å². The van der Waals surface area contributed by atoms with Crippen LogP contribution in [0.4, 0.5) is 0 Å². The summed E-state index contributed by atoms with van der Waals surface area (Å²) >= 11 is 0. The van der Waals surface area contributed by atoms with Gasteiger partial charge in [0, 0.05) is 5.39 Å². The van der Waals surface area contributed by atoms with Crippen LogP contribution >= 0.6 is 12.4 Å². The van der Waals surface area contributed by atoms with Crippen LogP contribution < -0.4 is 10.3 Å². The molecule has 0 aliphatic heterocycles. The molecule has 1 aromatic carbocycles. The largest absolute Gasteiger partial charge is 0.477 e. The summed E-state index contributed by atoms with van der Waals surface area (Å²) in [4.78, 5) is 28.1. The van der Waals surface area contributed by atoms with E-state index in [2.05, 4.69) is 0 Å². The van der Waals surface area contributed by atoms with E-state index in [0.29, 0.717) is 17.5 Å². The number of nitrogens with zero attached hydrogens (tertiary/aromatic N) is 1. The predicted octanol–water partition coefficient (Wildman–Crippen LogP) is 1.57. The molecule has 0 unspecified atom stereocenters. The van der Waals surface area contributed by atoms with Gasteiger partial charge in [-0.3, -0.25) is 4.79 Å². The predicted molar refractivity (Wildman–Crippen MR) is 69.5 cm³/mol. The zero-order chi connectivity index (χ0) is 12.4. The van der Waals surface area contributed by atoms with Crippen molar-refractivity contribution < 1.29 is 14.7 Å². The molecule has 0 aliphatic rings. The number of hydrogen-bond acceptors (Lipinski definition) is 3. The van der Waals surface area contributed by atoms with E-state index in [1.807, 2.05) is 0 Å². The molecule has 1 N–H and O–H groups in total. The SMILES string of the molecule is CCOn1cc(C(=O)O)c(=O)c2ccccc21.Cl. The highest BCUT2D eigenvalue weighted by molar-refractivity contribution is 5.92. The minimum absolute atomic E-state index is 0. The number of rotatable bonds is 3. The second kappa shape index (κ2) is 5.55. The van der Waals surface area contributed by atoms with Gasteiger partial charge in [0.25, 0.3) is 0 Å². The van der Waals surface area contributed by atoms with Gasteiger partial charge >= 0.3 is 5.97 Å². The molecule has 0 radical (unpaired) electrons. The lowest BCUT2D eigenvalue weighted by molar-refractivity contribution is 0.0688. The molecule has 1 heterocycles. The molecule has 96 valence electrons. The summed E-state index contributed by atoms with van der Waals surface area (Å²) in [7, 11) is 0. The van der Waals surface area contributed by atoms with E-state index in [4.69, 9.17) is 9.94 Å². The van der Waals surface area contributed by atoms with Crippen LogP contribution in [0.15, 0.2) is 35.3 Å². The molecule has 0 saturated carbocycles. The van der Waals surface area contributed by atoms with Crippen molar-refractivity contribution in [2.24, 2.45) is 0 Å². The van der Waals surface area contributed by atoms with Gasteiger partial charge in [-0.1, -0.05) is 12.1 Å². The average Bonchev–Trinajstić information content (AvgIpc) is 2.33. The number of para-hydroxylation sites is 1. The highest BCUT2D eigenvalue weighted by atomic mass is 35.5. The molecule has 2 rings (SSSR count). The first-order valence-electron chi connectivity index (χ1n) is 5.16. The molecule has 18 heavy (non-hydrogen) atoms. The molecule has 0 atom stereocenters. The van der Waals surface area contributed by atoms with Gasteiger partial charge in [-0.25, -0.2) is 4.79 Å². The summed E-state index contributed by atoms with van der Waals surface area (Å²) in [5, 5.41) is 9.28. The number of aromatic carboxylic acids is 1. The van der Waals surface area contributed by atoms with Crippen molar-refractivity contribution in [2.75, 3.05) is 6.61 Å². The summed E-state index contributed by atoms with van der Waals surface area (Å²) in [5.74, 6) is -1.26. The zero-order valence-corrected chi connectivity index (χ0v) is 10.4. The molecule has 0 saturated heterocycles. The third-order valence-electron chi connectivity index (χ3n) is 2.38. The highest BCUT2D eigenvalue weighted by Gasteiger charge is 2.14. The average molecular weight is 270 g/mol. The Hall–Kier alpha value is -2.01. The molecule has 0 fully saturated rings. The fraction of sp³-hybridized carbons (Fsp3) is 0.167. The van der Waals surface area contributed by atoms with Gasteiger partial charge in [0.05, 0.1) is 11.7 Å². The Morgan fingerprint density at radius 2 is 2.06 bits per heavy atom. The van der Waals surface area contributed by atoms with E-state index >= 15 is 0 Å². The Morgan fingerprint density at radius 3 is 2.67 bits per heavy atom. The summed E-state index contributed by atoms with van der Waals surface area (Å²) in [5.41, 5.74) is -0.231. The van der Waals surface area contributed by atoms with Gasteiger partial charge in [0.15, 0.2) is 0 Å². The third kappa shape index (κ3) is 2.31. The van der Waals surface area contributed by atoms with Crippen molar-refractivity contribution in [3.63, 3.8) is 0 Å². The standard InChI is InChI=1S/C12H11NO4.ClH/c1-2-17-13-7-9(12(15)16)11(14)8-5-3-4-6-10(8)13;/h3-7H,2H2,1H3,(H,15,16);1H. The summed E-state index contributed by atoms with van der Waals surface area (Å²) in [6.07, 6.45) is 1.20. The maximum atomic E-state index is 11.9. The first kappa shape index (κ1) is 14.1. The molecule has 0 bridgehead atoms. The lowest BCUT2D eigenvalue weighted by atomic mass is 10.1. The van der Waals surface area contributed by atoms with E-state index in [-0.39, 0.29) is 18.0 Å². The van der Waals surface area contributed by atoms with Crippen molar-refractivity contribution in [1.82, 2.24) is 4.73 Å². The maximum absolute atomic E-state index is 11.9. The van der Waals surface area contributed by atoms with Crippen molar-refractivity contribution >= 4 is 29.3 Å². The van der Waals surface area contributed by atoms with Crippen molar-refractivity contribution in [1.29, 1.82) is 0 Å². The van der Waals surface area contributed by atoms with E-state index in [9.17, 15) is 9.59 Å². The quantitative estimate of drug-likeness (QED) is 0.918. The van der Waals surface area contributed by atoms with Gasteiger partial charge in [0.2, 0.25) is 5.43 Å².